The molecule has 0 spiro atoms. The first-order chi connectivity index (χ1) is 3.81. The minimum atomic E-state index is 1.00. The minimum absolute atomic E-state index is 1.00. The van der Waals surface area contributed by atoms with Gasteiger partial charge in [0.2, 0.25) is 0 Å². The van der Waals surface area contributed by atoms with Crippen LogP contribution >= 0.6 is 0 Å². The molecule has 0 saturated heterocycles. The van der Waals surface area contributed by atoms with E-state index in [0.29, 0.717) is 0 Å². The topological polar surface area (TPSA) is 12.0 Å². The first kappa shape index (κ1) is 7.28. The summed E-state index contributed by atoms with van der Waals surface area (Å²) in [6.07, 6.45) is 3.90. The number of hydrogen-bond acceptors (Lipinski definition) is 1. The normalized spacial score (nSPS) is 8.12. The van der Waals surface area contributed by atoms with Gasteiger partial charge in [0.15, 0.2) is 0 Å². The van der Waals surface area contributed by atoms with Crippen molar-refractivity contribution in [2.45, 2.75) is 12.8 Å². The number of rotatable bonds is 4. The van der Waals surface area contributed by atoms with Crippen LogP contribution < -0.4 is 5.32 Å². The molecule has 0 heterocycles. The van der Waals surface area contributed by atoms with E-state index in [1.165, 1.54) is 0 Å². The van der Waals surface area contributed by atoms with Crippen molar-refractivity contribution >= 4 is 0 Å². The molecular weight excluding hydrogens is 98.1 g/mol. The molecule has 0 aromatic heterocycles. The summed E-state index contributed by atoms with van der Waals surface area (Å²) in [6.45, 7) is 7.35. The van der Waals surface area contributed by atoms with Gasteiger partial charge in [-0.15, -0.1) is 6.58 Å². The van der Waals surface area contributed by atoms with Gasteiger partial charge in [-0.25, -0.2) is 0 Å². The van der Waals surface area contributed by atoms with Gasteiger partial charge in [-0.05, 0) is 12.8 Å². The fourth-order valence-electron chi connectivity index (χ4n) is 0.401. The van der Waals surface area contributed by atoms with Crippen LogP contribution in [0.4, 0.5) is 0 Å². The zero-order valence-electron chi connectivity index (χ0n) is 5.41. The molecule has 0 unspecified atom stereocenters. The summed E-state index contributed by atoms with van der Waals surface area (Å²) in [6, 6.07) is 0. The van der Waals surface area contributed by atoms with Crippen molar-refractivity contribution in [2.75, 3.05) is 7.05 Å². The fraction of sp³-hybridized carbons (Fsp3) is 0.429. The summed E-state index contributed by atoms with van der Waals surface area (Å²) in [7, 11) is 1.88. The molecule has 0 radical (unpaired) electrons. The molecule has 1 nitrogen and oxygen atoms in total. The third kappa shape index (κ3) is 3.47. The Morgan fingerprint density at radius 1 is 1.75 bits per heavy atom. The summed E-state index contributed by atoms with van der Waals surface area (Å²) < 4.78 is 0. The molecule has 0 aromatic carbocycles. The van der Waals surface area contributed by atoms with E-state index < -0.39 is 0 Å². The lowest BCUT2D eigenvalue weighted by molar-refractivity contribution is 0.859. The third-order valence-corrected chi connectivity index (χ3v) is 1.00. The van der Waals surface area contributed by atoms with Gasteiger partial charge in [-0.3, -0.25) is 0 Å². The largest absolute Gasteiger partial charge is 0.392 e. The van der Waals surface area contributed by atoms with E-state index >= 15 is 0 Å². The highest BCUT2D eigenvalue weighted by Gasteiger charge is 1.83. The molecule has 0 aliphatic heterocycles. The van der Waals surface area contributed by atoms with Gasteiger partial charge in [-0.2, -0.15) is 0 Å². The van der Waals surface area contributed by atoms with Crippen molar-refractivity contribution in [1.29, 1.82) is 0 Å². The Labute approximate surface area is 51.1 Å². The van der Waals surface area contributed by atoms with Crippen molar-refractivity contribution in [3.05, 3.63) is 24.9 Å². The van der Waals surface area contributed by atoms with E-state index in [-0.39, 0.29) is 0 Å². The van der Waals surface area contributed by atoms with Crippen LogP contribution in [0.2, 0.25) is 0 Å². The summed E-state index contributed by atoms with van der Waals surface area (Å²) in [5, 5.41) is 2.96. The Balaban J connectivity index is 3.11. The molecule has 0 atom stereocenters. The van der Waals surface area contributed by atoms with Crippen LogP contribution in [0, 0.1) is 0 Å². The third-order valence-electron chi connectivity index (χ3n) is 1.00. The molecule has 0 aliphatic carbocycles. The maximum Gasteiger partial charge on any atom is 0.00341 e. The lowest BCUT2D eigenvalue weighted by Crippen LogP contribution is -2.02. The van der Waals surface area contributed by atoms with Gasteiger partial charge in [0.05, 0.1) is 0 Å². The second kappa shape index (κ2) is 4.44. The predicted octanol–water partition coefficient (Wildman–Crippen LogP) is 1.69. The van der Waals surface area contributed by atoms with Crippen LogP contribution in [0.1, 0.15) is 12.8 Å². The van der Waals surface area contributed by atoms with Crippen molar-refractivity contribution in [1.82, 2.24) is 5.32 Å². The second-order valence-electron chi connectivity index (χ2n) is 1.68. The lowest BCUT2D eigenvalue weighted by atomic mass is 10.2. The maximum atomic E-state index is 3.75. The van der Waals surface area contributed by atoms with Crippen LogP contribution in [0.3, 0.4) is 0 Å². The van der Waals surface area contributed by atoms with Crippen LogP contribution in [0.5, 0.6) is 0 Å². The predicted molar refractivity (Wildman–Crippen MR) is 37.6 cm³/mol. The highest BCUT2D eigenvalue weighted by molar-refractivity contribution is 4.91. The van der Waals surface area contributed by atoms with Gasteiger partial charge in [0.25, 0.3) is 0 Å². The SMILES string of the molecule is C=CCCC(=C)NC. The first-order valence-electron chi connectivity index (χ1n) is 2.77. The maximum absolute atomic E-state index is 3.75. The molecule has 0 amide bonds. The average Bonchev–Trinajstić information content (AvgIpc) is 1.83. The smallest absolute Gasteiger partial charge is 0.00341 e. The highest BCUT2D eigenvalue weighted by Crippen LogP contribution is 1.96. The van der Waals surface area contributed by atoms with Crippen molar-refractivity contribution in [2.24, 2.45) is 0 Å². The van der Waals surface area contributed by atoms with Gasteiger partial charge in [0.1, 0.15) is 0 Å². The van der Waals surface area contributed by atoms with Gasteiger partial charge in [0, 0.05) is 12.7 Å². The average molecular weight is 111 g/mol. The van der Waals surface area contributed by atoms with Crippen LogP contribution in [-0.2, 0) is 0 Å². The number of nitrogens with one attached hydrogen (secondary N) is 1. The van der Waals surface area contributed by atoms with Gasteiger partial charge in [-0.1, -0.05) is 12.7 Å². The molecule has 0 bridgehead atoms. The van der Waals surface area contributed by atoms with Crippen molar-refractivity contribution in [3.8, 4) is 0 Å². The molecule has 1 heteroatoms. The summed E-state index contributed by atoms with van der Waals surface area (Å²) >= 11 is 0. The quantitative estimate of drug-likeness (QED) is 0.544. The van der Waals surface area contributed by atoms with Crippen molar-refractivity contribution in [3.63, 3.8) is 0 Å². The zero-order chi connectivity index (χ0) is 6.41. The molecular formula is C7H13N. The Kier molecular flexibility index (Phi) is 4.04. The molecule has 0 saturated carbocycles. The van der Waals surface area contributed by atoms with Gasteiger partial charge >= 0.3 is 0 Å². The summed E-state index contributed by atoms with van der Waals surface area (Å²) in [4.78, 5) is 0. The molecule has 0 aliphatic rings. The standard InChI is InChI=1S/C7H13N/c1-4-5-6-7(2)8-3/h4,8H,1-2,5-6H2,3H3. The highest BCUT2D eigenvalue weighted by atomic mass is 14.8. The van der Waals surface area contributed by atoms with E-state index in [0.717, 1.165) is 18.5 Å². The zero-order valence-corrected chi connectivity index (χ0v) is 5.41. The Morgan fingerprint density at radius 3 is 2.75 bits per heavy atom. The first-order valence-corrected chi connectivity index (χ1v) is 2.77. The molecule has 1 N–H and O–H groups in total. The molecule has 0 fully saturated rings. The number of allylic oxidation sites excluding steroid dienone is 2. The van der Waals surface area contributed by atoms with Crippen LogP contribution in [0.15, 0.2) is 24.9 Å². The fourth-order valence-corrected chi connectivity index (χ4v) is 0.401. The van der Waals surface area contributed by atoms with Crippen molar-refractivity contribution < 1.29 is 0 Å². The second-order valence-corrected chi connectivity index (χ2v) is 1.68. The molecule has 0 rings (SSSR count). The van der Waals surface area contributed by atoms with E-state index in [1.807, 2.05) is 13.1 Å². The van der Waals surface area contributed by atoms with E-state index in [9.17, 15) is 0 Å². The molecule has 46 valence electrons. The lowest BCUT2D eigenvalue weighted by Gasteiger charge is -1.99. The summed E-state index contributed by atoms with van der Waals surface area (Å²) in [5.74, 6) is 0. The summed E-state index contributed by atoms with van der Waals surface area (Å²) in [5.41, 5.74) is 1.07. The minimum Gasteiger partial charge on any atom is -0.392 e. The van der Waals surface area contributed by atoms with Gasteiger partial charge < -0.3 is 5.32 Å². The van der Waals surface area contributed by atoms with E-state index in [4.69, 9.17) is 0 Å². The van der Waals surface area contributed by atoms with E-state index in [2.05, 4.69) is 18.5 Å². The van der Waals surface area contributed by atoms with E-state index in [1.54, 1.807) is 0 Å². The Hall–Kier alpha value is -0.720. The molecule has 0 aromatic rings. The Morgan fingerprint density at radius 2 is 2.38 bits per heavy atom. The number of hydrogen-bond donors (Lipinski definition) is 1. The van der Waals surface area contributed by atoms with Crippen LogP contribution in [0.25, 0.3) is 0 Å². The monoisotopic (exact) mass is 111 g/mol. The molecule has 8 heavy (non-hydrogen) atoms. The van der Waals surface area contributed by atoms with Crippen LogP contribution in [-0.4, -0.2) is 7.05 Å². The Bertz CT molecular complexity index is 84.4.